The molecule has 0 saturated carbocycles. The van der Waals surface area contributed by atoms with Crippen molar-refractivity contribution in [1.82, 2.24) is 9.97 Å². The van der Waals surface area contributed by atoms with Gasteiger partial charge in [-0.3, -0.25) is 14.8 Å². The van der Waals surface area contributed by atoms with Crippen LogP contribution in [-0.4, -0.2) is 23.3 Å². The summed E-state index contributed by atoms with van der Waals surface area (Å²) in [5.74, 6) is 0.0744. The molecule has 0 amide bonds. The first-order valence-corrected chi connectivity index (χ1v) is 11.4. The van der Waals surface area contributed by atoms with Gasteiger partial charge in [-0.25, -0.2) is 18.4 Å². The van der Waals surface area contributed by atoms with Crippen molar-refractivity contribution in [1.29, 1.82) is 0 Å². The number of nitrogens with two attached hydrogens (primary N) is 1. The number of non-ortho nitro benzene ring substituents is 1. The van der Waals surface area contributed by atoms with E-state index in [1.54, 1.807) is 36.4 Å². The van der Waals surface area contributed by atoms with E-state index in [0.717, 1.165) is 12.1 Å². The zero-order valence-corrected chi connectivity index (χ0v) is 18.4. The first-order chi connectivity index (χ1) is 15.7. The Kier molecular flexibility index (Phi) is 5.95. The summed E-state index contributed by atoms with van der Waals surface area (Å²) in [4.78, 5) is 18.6. The zero-order chi connectivity index (χ0) is 23.6. The fraction of sp³-hybridized carbons (Fsp3) is 0. The second-order valence-corrected chi connectivity index (χ2v) is 9.00. The predicted molar refractivity (Wildman–Crippen MR) is 126 cm³/mol. The molecule has 0 aliphatic heterocycles. The average molecular weight is 482 g/mol. The summed E-state index contributed by atoms with van der Waals surface area (Å²) in [7, 11) is -3.92. The monoisotopic (exact) mass is 481 g/mol. The summed E-state index contributed by atoms with van der Waals surface area (Å²) in [6, 6.07) is 20.1. The second-order valence-electron chi connectivity index (χ2n) is 6.91. The molecule has 3 N–H and O–H groups in total. The van der Waals surface area contributed by atoms with E-state index in [4.69, 9.17) is 17.3 Å². The van der Waals surface area contributed by atoms with Crippen molar-refractivity contribution >= 4 is 38.9 Å². The number of hydrogen-bond acceptors (Lipinski definition) is 7. The third-order valence-corrected chi connectivity index (χ3v) is 6.41. The molecule has 4 aromatic rings. The van der Waals surface area contributed by atoms with Crippen molar-refractivity contribution in [2.45, 2.75) is 4.90 Å². The van der Waals surface area contributed by atoms with E-state index in [9.17, 15) is 18.5 Å². The Bertz CT molecular complexity index is 1440. The average Bonchev–Trinajstić information content (AvgIpc) is 2.79. The molecule has 0 radical (unpaired) electrons. The number of nitro groups is 1. The van der Waals surface area contributed by atoms with Gasteiger partial charge in [0.2, 0.25) is 5.95 Å². The molecule has 0 atom stereocenters. The van der Waals surface area contributed by atoms with Crippen LogP contribution in [0, 0.1) is 10.1 Å². The first-order valence-electron chi connectivity index (χ1n) is 9.50. The normalized spacial score (nSPS) is 11.2. The van der Waals surface area contributed by atoms with Crippen molar-refractivity contribution in [3.63, 3.8) is 0 Å². The Morgan fingerprint density at radius 2 is 1.55 bits per heavy atom. The van der Waals surface area contributed by atoms with E-state index in [1.165, 1.54) is 12.1 Å². The molecule has 9 nitrogen and oxygen atoms in total. The van der Waals surface area contributed by atoms with Crippen molar-refractivity contribution in [3.05, 3.63) is 94.0 Å². The summed E-state index contributed by atoms with van der Waals surface area (Å²) >= 11 is 6.27. The third-order valence-electron chi connectivity index (χ3n) is 4.68. The summed E-state index contributed by atoms with van der Waals surface area (Å²) in [5.41, 5.74) is 8.51. The van der Waals surface area contributed by atoms with E-state index in [2.05, 4.69) is 14.7 Å². The minimum atomic E-state index is -3.92. The lowest BCUT2D eigenvalue weighted by molar-refractivity contribution is -0.384. The molecule has 0 bridgehead atoms. The van der Waals surface area contributed by atoms with Gasteiger partial charge >= 0.3 is 0 Å². The number of nitro benzene ring substituents is 1. The van der Waals surface area contributed by atoms with E-state index in [1.807, 2.05) is 18.2 Å². The highest BCUT2D eigenvalue weighted by Gasteiger charge is 2.16. The van der Waals surface area contributed by atoms with Crippen LogP contribution in [0.25, 0.3) is 22.5 Å². The summed E-state index contributed by atoms with van der Waals surface area (Å²) in [6.07, 6.45) is 0. The molecule has 1 heterocycles. The highest BCUT2D eigenvalue weighted by molar-refractivity contribution is 7.92. The molecule has 166 valence electrons. The van der Waals surface area contributed by atoms with Crippen LogP contribution in [0.15, 0.2) is 83.8 Å². The van der Waals surface area contributed by atoms with Crippen molar-refractivity contribution in [2.24, 2.45) is 0 Å². The smallest absolute Gasteiger partial charge is 0.269 e. The fourth-order valence-electron chi connectivity index (χ4n) is 3.09. The maximum absolute atomic E-state index is 12.6. The number of anilines is 2. The molecular formula is C22H16ClN5O4S. The zero-order valence-electron chi connectivity index (χ0n) is 16.8. The molecule has 0 unspecified atom stereocenters. The predicted octanol–water partition coefficient (Wildman–Crippen LogP) is 4.76. The van der Waals surface area contributed by atoms with Crippen LogP contribution in [0.5, 0.6) is 0 Å². The lowest BCUT2D eigenvalue weighted by Gasteiger charge is -2.10. The Balaban J connectivity index is 1.59. The van der Waals surface area contributed by atoms with Gasteiger partial charge in [0.1, 0.15) is 0 Å². The second kappa shape index (κ2) is 8.85. The Labute approximate surface area is 194 Å². The van der Waals surface area contributed by atoms with Crippen molar-refractivity contribution < 1.29 is 13.3 Å². The van der Waals surface area contributed by atoms with Gasteiger partial charge in [-0.15, -0.1) is 0 Å². The number of benzene rings is 3. The SMILES string of the molecule is Nc1nc(-c2ccc(NS(=O)(=O)c3ccc([N+](=O)[O-])cc3)cc2)cc(-c2ccccc2Cl)n1. The maximum atomic E-state index is 12.6. The van der Waals surface area contributed by atoms with Gasteiger partial charge in [0.05, 0.1) is 21.2 Å². The van der Waals surface area contributed by atoms with Crippen molar-refractivity contribution in [3.8, 4) is 22.5 Å². The Hall–Kier alpha value is -4.02. The number of nitrogens with zero attached hydrogens (tertiary/aromatic N) is 3. The van der Waals surface area contributed by atoms with Gasteiger partial charge in [0.25, 0.3) is 15.7 Å². The number of rotatable bonds is 6. The number of aromatic nitrogens is 2. The van der Waals surface area contributed by atoms with Crippen LogP contribution in [0.1, 0.15) is 0 Å². The highest BCUT2D eigenvalue weighted by atomic mass is 35.5. The van der Waals surface area contributed by atoms with Gasteiger partial charge < -0.3 is 5.73 Å². The van der Waals surface area contributed by atoms with Gasteiger partial charge in [-0.05, 0) is 36.4 Å². The van der Waals surface area contributed by atoms with Crippen LogP contribution >= 0.6 is 11.6 Å². The summed E-state index contributed by atoms with van der Waals surface area (Å²) < 4.78 is 27.6. The number of halogens is 1. The van der Waals surface area contributed by atoms with E-state index in [-0.39, 0.29) is 16.5 Å². The Morgan fingerprint density at radius 3 is 2.18 bits per heavy atom. The fourth-order valence-corrected chi connectivity index (χ4v) is 4.38. The van der Waals surface area contributed by atoms with Crippen LogP contribution in [-0.2, 0) is 10.0 Å². The third kappa shape index (κ3) is 4.92. The topological polar surface area (TPSA) is 141 Å². The van der Waals surface area contributed by atoms with Gasteiger partial charge in [-0.2, -0.15) is 0 Å². The number of hydrogen-bond donors (Lipinski definition) is 2. The summed E-state index contributed by atoms with van der Waals surface area (Å²) in [5, 5.41) is 11.3. The molecule has 0 spiro atoms. The number of nitrogens with one attached hydrogen (secondary N) is 1. The van der Waals surface area contributed by atoms with E-state index < -0.39 is 14.9 Å². The largest absolute Gasteiger partial charge is 0.368 e. The van der Waals surface area contributed by atoms with Crippen LogP contribution in [0.4, 0.5) is 17.3 Å². The molecule has 3 aromatic carbocycles. The molecule has 0 saturated heterocycles. The minimum absolute atomic E-state index is 0.0744. The molecule has 0 fully saturated rings. The van der Waals surface area contributed by atoms with Gasteiger partial charge in [0.15, 0.2) is 0 Å². The number of nitrogen functional groups attached to an aromatic ring is 1. The molecule has 33 heavy (non-hydrogen) atoms. The van der Waals surface area contributed by atoms with Crippen LogP contribution in [0.3, 0.4) is 0 Å². The standard InChI is InChI=1S/C22H16ClN5O4S/c23-19-4-2-1-3-18(19)21-13-20(25-22(24)26-21)14-5-7-15(8-6-14)27-33(31,32)17-11-9-16(10-12-17)28(29)30/h1-13,27H,(H2,24,25,26). The van der Waals surface area contributed by atoms with Gasteiger partial charge in [-0.1, -0.05) is 41.9 Å². The number of sulfonamides is 1. The lowest BCUT2D eigenvalue weighted by Crippen LogP contribution is -2.12. The van der Waals surface area contributed by atoms with E-state index in [0.29, 0.717) is 33.2 Å². The highest BCUT2D eigenvalue weighted by Crippen LogP contribution is 2.30. The Morgan fingerprint density at radius 1 is 0.909 bits per heavy atom. The molecular weight excluding hydrogens is 466 g/mol. The minimum Gasteiger partial charge on any atom is -0.368 e. The lowest BCUT2D eigenvalue weighted by atomic mass is 10.1. The molecule has 1 aromatic heterocycles. The quantitative estimate of drug-likeness (QED) is 0.299. The van der Waals surface area contributed by atoms with Crippen molar-refractivity contribution in [2.75, 3.05) is 10.5 Å². The van der Waals surface area contributed by atoms with Crippen LogP contribution < -0.4 is 10.5 Å². The van der Waals surface area contributed by atoms with Crippen LogP contribution in [0.2, 0.25) is 5.02 Å². The molecule has 11 heteroatoms. The summed E-state index contributed by atoms with van der Waals surface area (Å²) in [6.45, 7) is 0. The molecule has 0 aliphatic carbocycles. The van der Waals surface area contributed by atoms with Gasteiger partial charge in [0, 0.05) is 34.0 Å². The maximum Gasteiger partial charge on any atom is 0.269 e. The molecule has 0 aliphatic rings. The molecule has 4 rings (SSSR count). The first kappa shape index (κ1) is 22.2. The van der Waals surface area contributed by atoms with E-state index >= 15 is 0 Å².